The van der Waals surface area contributed by atoms with Crippen LogP contribution in [0.1, 0.15) is 35.8 Å². The molecule has 1 fully saturated rings. The minimum atomic E-state index is 0.0259. The number of carbonyl (C=O) groups excluding carboxylic acids is 1. The van der Waals surface area contributed by atoms with Crippen LogP contribution in [0.2, 0.25) is 0 Å². The summed E-state index contributed by atoms with van der Waals surface area (Å²) in [4.78, 5) is 25.9. The lowest BCUT2D eigenvalue weighted by atomic mass is 9.96. The first kappa shape index (κ1) is 21.0. The molecule has 7 nitrogen and oxygen atoms in total. The zero-order valence-electron chi connectivity index (χ0n) is 17.8. The van der Waals surface area contributed by atoms with Crippen LogP contribution in [0.3, 0.4) is 0 Å². The van der Waals surface area contributed by atoms with Crippen molar-refractivity contribution in [1.82, 2.24) is 20.2 Å². The van der Waals surface area contributed by atoms with Gasteiger partial charge in [-0.05, 0) is 37.1 Å². The summed E-state index contributed by atoms with van der Waals surface area (Å²) in [5, 5.41) is 3.45. The molecule has 2 aromatic rings. The van der Waals surface area contributed by atoms with Crippen molar-refractivity contribution in [2.24, 2.45) is 0 Å². The first-order chi connectivity index (χ1) is 14.0. The fourth-order valence-electron chi connectivity index (χ4n) is 3.51. The fourth-order valence-corrected chi connectivity index (χ4v) is 3.51. The number of carbonyl (C=O) groups is 1. The Bertz CT molecular complexity index is 834. The zero-order valence-corrected chi connectivity index (χ0v) is 17.8. The molecule has 1 aliphatic heterocycles. The number of methoxy groups -OCH3 is 1. The molecule has 0 radical (unpaired) electrons. The van der Waals surface area contributed by atoms with Gasteiger partial charge in [0.2, 0.25) is 5.91 Å². The molecule has 29 heavy (non-hydrogen) atoms. The van der Waals surface area contributed by atoms with Crippen LogP contribution in [0.25, 0.3) is 0 Å². The molecule has 7 heteroatoms. The highest BCUT2D eigenvalue weighted by atomic mass is 16.5. The first-order valence-corrected chi connectivity index (χ1v) is 10.1. The maximum Gasteiger partial charge on any atom is 0.227 e. The van der Waals surface area contributed by atoms with Crippen LogP contribution >= 0.6 is 0 Å². The average Bonchev–Trinajstić information content (AvgIpc) is 2.74. The van der Waals surface area contributed by atoms with Gasteiger partial charge in [0.15, 0.2) is 0 Å². The highest BCUT2D eigenvalue weighted by molar-refractivity contribution is 5.78. The van der Waals surface area contributed by atoms with Gasteiger partial charge >= 0.3 is 0 Å². The number of likely N-dealkylation sites (N-methyl/N-ethyl adjacent to an activating group) is 1. The van der Waals surface area contributed by atoms with E-state index in [1.54, 1.807) is 19.1 Å². The highest BCUT2D eigenvalue weighted by Gasteiger charge is 2.20. The maximum absolute atomic E-state index is 12.7. The molecule has 1 N–H and O–H groups in total. The molecule has 0 bridgehead atoms. The second-order valence-corrected chi connectivity index (χ2v) is 7.78. The number of piperidine rings is 1. The number of nitrogens with zero attached hydrogens (tertiary/aromatic N) is 4. The third-order valence-electron chi connectivity index (χ3n) is 5.25. The van der Waals surface area contributed by atoms with Gasteiger partial charge in [-0.3, -0.25) is 4.79 Å². The summed E-state index contributed by atoms with van der Waals surface area (Å²) in [6, 6.07) is 9.67. The standard InChI is InChI=1S/C22H31N5O2/c1-26(2)21-13-19(17-8-6-10-23-14-17)24-20(25-21)15-27(3)22(28)12-16-7-5-9-18(11-16)29-4/h5,7,9,11,13,17,23H,6,8,10,12,14-15H2,1-4H3/t17-/m0/s1. The summed E-state index contributed by atoms with van der Waals surface area (Å²) in [5.41, 5.74) is 1.98. The number of ether oxygens (including phenoxy) is 1. The van der Waals surface area contributed by atoms with E-state index in [-0.39, 0.29) is 5.91 Å². The number of nitrogens with one attached hydrogen (secondary N) is 1. The lowest BCUT2D eigenvalue weighted by Gasteiger charge is -2.24. The van der Waals surface area contributed by atoms with Gasteiger partial charge in [-0.2, -0.15) is 0 Å². The van der Waals surface area contributed by atoms with Crippen molar-refractivity contribution >= 4 is 11.7 Å². The van der Waals surface area contributed by atoms with Crippen LogP contribution in [0.4, 0.5) is 5.82 Å². The van der Waals surface area contributed by atoms with Gasteiger partial charge in [-0.1, -0.05) is 12.1 Å². The van der Waals surface area contributed by atoms with E-state index in [0.717, 1.165) is 48.8 Å². The number of anilines is 1. The third-order valence-corrected chi connectivity index (χ3v) is 5.25. The molecule has 0 saturated carbocycles. The molecule has 1 aliphatic rings. The van der Waals surface area contributed by atoms with Crippen LogP contribution in [0, 0.1) is 0 Å². The fraction of sp³-hybridized carbons (Fsp3) is 0.500. The zero-order chi connectivity index (χ0) is 20.8. The molecule has 2 heterocycles. The highest BCUT2D eigenvalue weighted by Crippen LogP contribution is 2.24. The van der Waals surface area contributed by atoms with Gasteiger partial charge in [-0.25, -0.2) is 9.97 Å². The second kappa shape index (κ2) is 9.69. The summed E-state index contributed by atoms with van der Waals surface area (Å²) in [7, 11) is 7.39. The van der Waals surface area contributed by atoms with E-state index in [0.29, 0.717) is 24.7 Å². The van der Waals surface area contributed by atoms with Gasteiger partial charge < -0.3 is 19.9 Å². The molecule has 1 atom stereocenters. The number of hydrogen-bond acceptors (Lipinski definition) is 6. The summed E-state index contributed by atoms with van der Waals surface area (Å²) in [5.74, 6) is 2.73. The average molecular weight is 398 g/mol. The number of rotatable bonds is 7. The minimum absolute atomic E-state index is 0.0259. The van der Waals surface area contributed by atoms with Crippen molar-refractivity contribution in [2.45, 2.75) is 31.7 Å². The van der Waals surface area contributed by atoms with Crippen molar-refractivity contribution < 1.29 is 9.53 Å². The number of benzene rings is 1. The van der Waals surface area contributed by atoms with E-state index in [2.05, 4.69) is 16.4 Å². The number of aromatic nitrogens is 2. The molecule has 0 unspecified atom stereocenters. The van der Waals surface area contributed by atoms with Crippen LogP contribution in [0.5, 0.6) is 5.75 Å². The SMILES string of the molecule is COc1cccc(CC(=O)N(C)Cc2nc([C@H]3CCCNC3)cc(N(C)C)n2)c1. The predicted molar refractivity (Wildman–Crippen MR) is 114 cm³/mol. The Labute approximate surface area is 173 Å². The van der Waals surface area contributed by atoms with E-state index in [1.807, 2.05) is 43.3 Å². The Morgan fingerprint density at radius 1 is 1.24 bits per heavy atom. The van der Waals surface area contributed by atoms with Crippen molar-refractivity contribution in [2.75, 3.05) is 46.2 Å². The van der Waals surface area contributed by atoms with E-state index < -0.39 is 0 Å². The van der Waals surface area contributed by atoms with Gasteiger partial charge in [0.1, 0.15) is 17.4 Å². The molecule has 1 amide bonds. The first-order valence-electron chi connectivity index (χ1n) is 10.1. The molecule has 1 aromatic carbocycles. The van der Waals surface area contributed by atoms with Crippen molar-refractivity contribution in [3.05, 3.63) is 47.4 Å². The summed E-state index contributed by atoms with van der Waals surface area (Å²) in [6.07, 6.45) is 2.60. The maximum atomic E-state index is 12.7. The van der Waals surface area contributed by atoms with Crippen LogP contribution < -0.4 is 15.0 Å². The van der Waals surface area contributed by atoms with Gasteiger partial charge in [0.25, 0.3) is 0 Å². The van der Waals surface area contributed by atoms with E-state index in [1.165, 1.54) is 0 Å². The van der Waals surface area contributed by atoms with Gasteiger partial charge in [0, 0.05) is 39.7 Å². The summed E-state index contributed by atoms with van der Waals surface area (Å²) < 4.78 is 5.24. The molecule has 1 saturated heterocycles. The molecule has 3 rings (SSSR count). The monoisotopic (exact) mass is 397 g/mol. The van der Waals surface area contributed by atoms with E-state index in [4.69, 9.17) is 9.72 Å². The smallest absolute Gasteiger partial charge is 0.227 e. The van der Waals surface area contributed by atoms with Crippen molar-refractivity contribution in [1.29, 1.82) is 0 Å². The van der Waals surface area contributed by atoms with Gasteiger partial charge in [-0.15, -0.1) is 0 Å². The molecule has 1 aromatic heterocycles. The molecule has 0 aliphatic carbocycles. The van der Waals surface area contributed by atoms with E-state index >= 15 is 0 Å². The molecule has 0 spiro atoms. The lowest BCUT2D eigenvalue weighted by Crippen LogP contribution is -2.31. The normalized spacial score (nSPS) is 16.3. The van der Waals surface area contributed by atoms with Crippen LogP contribution in [0.15, 0.2) is 30.3 Å². The predicted octanol–water partition coefficient (Wildman–Crippen LogP) is 2.22. The Kier molecular flexibility index (Phi) is 7.04. The van der Waals surface area contributed by atoms with Crippen LogP contribution in [-0.4, -0.2) is 62.1 Å². The Morgan fingerprint density at radius 2 is 2.07 bits per heavy atom. The Morgan fingerprint density at radius 3 is 2.76 bits per heavy atom. The van der Waals surface area contributed by atoms with Crippen molar-refractivity contribution in [3.63, 3.8) is 0 Å². The summed E-state index contributed by atoms with van der Waals surface area (Å²) >= 11 is 0. The Hall–Kier alpha value is -2.67. The second-order valence-electron chi connectivity index (χ2n) is 7.78. The minimum Gasteiger partial charge on any atom is -0.497 e. The topological polar surface area (TPSA) is 70.6 Å². The van der Waals surface area contributed by atoms with Crippen LogP contribution in [-0.2, 0) is 17.8 Å². The number of amides is 1. The Balaban J connectivity index is 1.73. The number of hydrogen-bond donors (Lipinski definition) is 1. The molecular formula is C22H31N5O2. The van der Waals surface area contributed by atoms with Gasteiger partial charge in [0.05, 0.1) is 25.8 Å². The lowest BCUT2D eigenvalue weighted by molar-refractivity contribution is -0.129. The largest absolute Gasteiger partial charge is 0.497 e. The van der Waals surface area contributed by atoms with Crippen molar-refractivity contribution in [3.8, 4) is 5.75 Å². The quantitative estimate of drug-likeness (QED) is 0.773. The third kappa shape index (κ3) is 5.67. The summed E-state index contributed by atoms with van der Waals surface area (Å²) in [6.45, 7) is 2.39. The molecule has 156 valence electrons. The van der Waals surface area contributed by atoms with E-state index in [9.17, 15) is 4.79 Å². The molecular weight excluding hydrogens is 366 g/mol.